The van der Waals surface area contributed by atoms with Gasteiger partial charge in [-0.25, -0.2) is 9.78 Å². The molecule has 31 heavy (non-hydrogen) atoms. The Bertz CT molecular complexity index is 975. The Morgan fingerprint density at radius 1 is 1.16 bits per heavy atom. The molecule has 1 aromatic heterocycles. The summed E-state index contributed by atoms with van der Waals surface area (Å²) in [5, 5.41) is 3.15. The van der Waals surface area contributed by atoms with Gasteiger partial charge in [-0.05, 0) is 35.7 Å². The fourth-order valence-corrected chi connectivity index (χ4v) is 3.89. The number of H-pyrrole nitrogens is 1. The zero-order valence-electron chi connectivity index (χ0n) is 18.5. The van der Waals surface area contributed by atoms with Crippen LogP contribution in [-0.4, -0.2) is 54.2 Å². The van der Waals surface area contributed by atoms with E-state index in [1.54, 1.807) is 4.90 Å². The summed E-state index contributed by atoms with van der Waals surface area (Å²) in [6.45, 7) is 8.09. The monoisotopic (exact) mass is 421 g/mol. The number of anilines is 1. The number of nitrogens with one attached hydrogen (secondary N) is 2. The van der Waals surface area contributed by atoms with Gasteiger partial charge in [-0.1, -0.05) is 38.1 Å². The van der Waals surface area contributed by atoms with Crippen LogP contribution in [0, 0.1) is 5.92 Å². The first-order valence-corrected chi connectivity index (χ1v) is 10.9. The van der Waals surface area contributed by atoms with Gasteiger partial charge in [-0.15, -0.1) is 0 Å². The van der Waals surface area contributed by atoms with Crippen molar-refractivity contribution in [1.29, 1.82) is 0 Å². The molecule has 0 aliphatic carbocycles. The Kier molecular flexibility index (Phi) is 6.42. The molecule has 7 heteroatoms. The molecule has 1 atom stereocenters. The normalized spacial score (nSPS) is 15.3. The van der Waals surface area contributed by atoms with Crippen LogP contribution < -0.4 is 10.2 Å². The molecule has 164 valence electrons. The maximum Gasteiger partial charge on any atom is 0.318 e. The number of carbonyl (C=O) groups excluding carboxylic acids is 1. The highest BCUT2D eigenvalue weighted by Crippen LogP contribution is 2.23. The number of para-hydroxylation sites is 2. The molecule has 1 aliphatic rings. The Balaban J connectivity index is 1.39. The second-order valence-corrected chi connectivity index (χ2v) is 8.43. The summed E-state index contributed by atoms with van der Waals surface area (Å²) in [6.07, 6.45) is 0. The maximum absolute atomic E-state index is 12.9. The summed E-state index contributed by atoms with van der Waals surface area (Å²) in [5.74, 6) is 0.985. The van der Waals surface area contributed by atoms with Crippen molar-refractivity contribution in [1.82, 2.24) is 20.2 Å². The van der Waals surface area contributed by atoms with Crippen LogP contribution in [0.25, 0.3) is 11.0 Å². The second kappa shape index (κ2) is 9.39. The van der Waals surface area contributed by atoms with E-state index < -0.39 is 0 Å². The lowest BCUT2D eigenvalue weighted by Crippen LogP contribution is -2.41. The van der Waals surface area contributed by atoms with Crippen LogP contribution in [0.4, 0.5) is 10.5 Å². The highest BCUT2D eigenvalue weighted by Gasteiger charge is 2.23. The third-order valence-corrected chi connectivity index (χ3v) is 5.73. The molecule has 2 N–H and O–H groups in total. The zero-order valence-corrected chi connectivity index (χ0v) is 18.5. The van der Waals surface area contributed by atoms with E-state index in [2.05, 4.69) is 58.3 Å². The largest absolute Gasteiger partial charge is 0.378 e. The van der Waals surface area contributed by atoms with Crippen LogP contribution in [0.3, 0.4) is 0 Å². The van der Waals surface area contributed by atoms with Crippen LogP contribution in [0.15, 0.2) is 48.5 Å². The highest BCUT2D eigenvalue weighted by atomic mass is 16.5. The first kappa shape index (κ1) is 21.2. The molecule has 0 saturated carbocycles. The summed E-state index contributed by atoms with van der Waals surface area (Å²) < 4.78 is 5.42. The molecule has 0 bridgehead atoms. The number of benzene rings is 2. The lowest BCUT2D eigenvalue weighted by Gasteiger charge is -2.29. The number of hydrogen-bond donors (Lipinski definition) is 2. The van der Waals surface area contributed by atoms with E-state index in [9.17, 15) is 4.79 Å². The SMILES string of the molecule is CC(C)C(NC(=O)N(C)Cc1ccc(N2CCOCC2)cc1)c1nc2ccccc2[nH]1. The van der Waals surface area contributed by atoms with Crippen molar-refractivity contribution in [2.45, 2.75) is 26.4 Å². The van der Waals surface area contributed by atoms with Gasteiger partial charge in [0, 0.05) is 32.4 Å². The summed E-state index contributed by atoms with van der Waals surface area (Å²) in [6, 6.07) is 16.0. The molecule has 7 nitrogen and oxygen atoms in total. The Labute approximate surface area is 183 Å². The van der Waals surface area contributed by atoms with Gasteiger partial charge in [0.05, 0.1) is 30.3 Å². The van der Waals surface area contributed by atoms with Gasteiger partial charge in [0.1, 0.15) is 5.82 Å². The molecule has 2 aromatic carbocycles. The van der Waals surface area contributed by atoms with Gasteiger partial charge >= 0.3 is 6.03 Å². The van der Waals surface area contributed by atoms with E-state index in [-0.39, 0.29) is 18.0 Å². The molecule has 1 unspecified atom stereocenters. The number of ether oxygens (including phenoxy) is 1. The Morgan fingerprint density at radius 2 is 1.87 bits per heavy atom. The van der Waals surface area contributed by atoms with Crippen molar-refractivity contribution in [3.8, 4) is 0 Å². The van der Waals surface area contributed by atoms with Gasteiger partial charge < -0.3 is 24.8 Å². The summed E-state index contributed by atoms with van der Waals surface area (Å²) >= 11 is 0. The fourth-order valence-electron chi connectivity index (χ4n) is 3.89. The van der Waals surface area contributed by atoms with Crippen molar-refractivity contribution >= 4 is 22.8 Å². The quantitative estimate of drug-likeness (QED) is 0.632. The molecule has 0 spiro atoms. The first-order valence-electron chi connectivity index (χ1n) is 10.9. The molecule has 2 heterocycles. The van der Waals surface area contributed by atoms with Gasteiger partial charge in [0.2, 0.25) is 0 Å². The minimum absolute atomic E-state index is 0.114. The molecule has 4 rings (SSSR count). The molecule has 1 saturated heterocycles. The molecule has 1 aliphatic heterocycles. The minimum atomic E-state index is -0.189. The molecular formula is C24H31N5O2. The number of urea groups is 1. The van der Waals surface area contributed by atoms with Crippen molar-refractivity contribution < 1.29 is 9.53 Å². The number of fused-ring (bicyclic) bond motifs is 1. The third kappa shape index (κ3) is 4.99. The highest BCUT2D eigenvalue weighted by molar-refractivity contribution is 5.76. The van der Waals surface area contributed by atoms with E-state index in [0.717, 1.165) is 48.7 Å². The van der Waals surface area contributed by atoms with Crippen molar-refractivity contribution in [3.63, 3.8) is 0 Å². The Morgan fingerprint density at radius 3 is 2.55 bits per heavy atom. The van der Waals surface area contributed by atoms with Gasteiger partial charge in [0.15, 0.2) is 0 Å². The van der Waals surface area contributed by atoms with Crippen molar-refractivity contribution in [3.05, 3.63) is 59.9 Å². The molecular weight excluding hydrogens is 390 g/mol. The average Bonchev–Trinajstić information content (AvgIpc) is 3.22. The number of imidazole rings is 1. The lowest BCUT2D eigenvalue weighted by molar-refractivity contribution is 0.122. The average molecular weight is 422 g/mol. The molecule has 1 fully saturated rings. The summed E-state index contributed by atoms with van der Waals surface area (Å²) in [5.41, 5.74) is 4.18. The second-order valence-electron chi connectivity index (χ2n) is 8.43. The summed E-state index contributed by atoms with van der Waals surface area (Å²) in [7, 11) is 1.82. The van der Waals surface area contributed by atoms with Crippen molar-refractivity contribution in [2.24, 2.45) is 5.92 Å². The Hall–Kier alpha value is -3.06. The van der Waals surface area contributed by atoms with Crippen LogP contribution in [0.1, 0.15) is 31.3 Å². The van der Waals surface area contributed by atoms with Crippen LogP contribution in [0.2, 0.25) is 0 Å². The number of hydrogen-bond acceptors (Lipinski definition) is 4. The fraction of sp³-hybridized carbons (Fsp3) is 0.417. The number of nitrogens with zero attached hydrogens (tertiary/aromatic N) is 3. The molecule has 0 radical (unpaired) electrons. The predicted molar refractivity (Wildman–Crippen MR) is 123 cm³/mol. The van der Waals surface area contributed by atoms with E-state index >= 15 is 0 Å². The van der Waals surface area contributed by atoms with Gasteiger partial charge in [0.25, 0.3) is 0 Å². The number of rotatable bonds is 6. The number of aromatic amines is 1. The summed E-state index contributed by atoms with van der Waals surface area (Å²) in [4.78, 5) is 25.0. The standard InChI is InChI=1S/C24H31N5O2/c1-17(2)22(23-25-20-6-4-5-7-21(20)26-23)27-24(30)28(3)16-18-8-10-19(11-9-18)29-12-14-31-15-13-29/h4-11,17,22H,12-16H2,1-3H3,(H,25,26)(H,27,30). The van der Waals surface area contributed by atoms with Crippen molar-refractivity contribution in [2.75, 3.05) is 38.3 Å². The topological polar surface area (TPSA) is 73.5 Å². The lowest BCUT2D eigenvalue weighted by atomic mass is 10.0. The van der Waals surface area contributed by atoms with E-state index in [0.29, 0.717) is 6.54 Å². The van der Waals surface area contributed by atoms with Gasteiger partial charge in [-0.2, -0.15) is 0 Å². The maximum atomic E-state index is 12.9. The number of carbonyl (C=O) groups is 1. The van der Waals surface area contributed by atoms with E-state index in [1.165, 1.54) is 5.69 Å². The number of amides is 2. The third-order valence-electron chi connectivity index (χ3n) is 5.73. The first-order chi connectivity index (χ1) is 15.0. The van der Waals surface area contributed by atoms with E-state index in [4.69, 9.17) is 4.74 Å². The zero-order chi connectivity index (χ0) is 21.8. The predicted octanol–water partition coefficient (Wildman–Crippen LogP) is 3.94. The van der Waals surface area contributed by atoms with Crippen LogP contribution in [-0.2, 0) is 11.3 Å². The van der Waals surface area contributed by atoms with Crippen LogP contribution in [0.5, 0.6) is 0 Å². The van der Waals surface area contributed by atoms with E-state index in [1.807, 2.05) is 31.3 Å². The van der Waals surface area contributed by atoms with Crippen LogP contribution >= 0.6 is 0 Å². The smallest absolute Gasteiger partial charge is 0.318 e. The number of morpholine rings is 1. The minimum Gasteiger partial charge on any atom is -0.378 e. The van der Waals surface area contributed by atoms with Gasteiger partial charge in [-0.3, -0.25) is 0 Å². The number of aromatic nitrogens is 2. The molecule has 2 amide bonds. The molecule has 3 aromatic rings.